The van der Waals surface area contributed by atoms with E-state index in [1.165, 1.54) is 0 Å². The fraction of sp³-hybridized carbons (Fsp3) is 0.350. The van der Waals surface area contributed by atoms with Crippen LogP contribution < -0.4 is 0 Å². The molecular formula is C20H24O3. The summed E-state index contributed by atoms with van der Waals surface area (Å²) in [5.41, 5.74) is 2.33. The zero-order valence-corrected chi connectivity index (χ0v) is 14.1. The molecule has 1 unspecified atom stereocenters. The van der Waals surface area contributed by atoms with E-state index in [-0.39, 0.29) is 22.6 Å². The first-order chi connectivity index (χ1) is 10.8. The molecule has 0 radical (unpaired) electrons. The van der Waals surface area contributed by atoms with Crippen molar-refractivity contribution in [3.05, 3.63) is 64.7 Å². The number of carboxylic acids is 1. The van der Waals surface area contributed by atoms with E-state index in [1.54, 1.807) is 6.07 Å². The van der Waals surface area contributed by atoms with Crippen molar-refractivity contribution in [3.8, 4) is 5.75 Å². The lowest BCUT2D eigenvalue weighted by Crippen LogP contribution is -2.20. The number of rotatable bonds is 5. The van der Waals surface area contributed by atoms with Gasteiger partial charge in [0.2, 0.25) is 0 Å². The smallest absolute Gasteiger partial charge is 0.339 e. The maximum Gasteiger partial charge on any atom is 0.339 e. The van der Waals surface area contributed by atoms with Gasteiger partial charge in [-0.1, -0.05) is 64.1 Å². The normalized spacial score (nSPS) is 12.9. The van der Waals surface area contributed by atoms with E-state index in [4.69, 9.17) is 0 Å². The van der Waals surface area contributed by atoms with Crippen LogP contribution in [-0.4, -0.2) is 16.2 Å². The average molecular weight is 312 g/mol. The molecule has 3 nitrogen and oxygen atoms in total. The van der Waals surface area contributed by atoms with Crippen LogP contribution in [0.15, 0.2) is 42.5 Å². The Hall–Kier alpha value is -2.29. The Bertz CT molecular complexity index is 702. The maximum absolute atomic E-state index is 11.5. The molecule has 2 aromatic carbocycles. The molecule has 2 rings (SSSR count). The van der Waals surface area contributed by atoms with Crippen LogP contribution in [0.5, 0.6) is 5.75 Å². The van der Waals surface area contributed by atoms with Crippen LogP contribution >= 0.6 is 0 Å². The first kappa shape index (κ1) is 17.1. The molecule has 0 aliphatic rings. The fourth-order valence-corrected chi connectivity index (χ4v) is 2.80. The summed E-state index contributed by atoms with van der Waals surface area (Å²) in [6.45, 7) is 8.17. The van der Waals surface area contributed by atoms with Crippen molar-refractivity contribution in [1.29, 1.82) is 0 Å². The van der Waals surface area contributed by atoms with Crippen LogP contribution in [0.2, 0.25) is 0 Å². The van der Waals surface area contributed by atoms with Crippen LogP contribution in [0.25, 0.3) is 0 Å². The predicted octanol–water partition coefficient (Wildman–Crippen LogP) is 4.93. The third-order valence-electron chi connectivity index (χ3n) is 4.73. The van der Waals surface area contributed by atoms with Gasteiger partial charge in [0.05, 0.1) is 0 Å². The molecular weight excluding hydrogens is 288 g/mol. The molecule has 0 spiro atoms. The van der Waals surface area contributed by atoms with Crippen LogP contribution in [0.1, 0.15) is 67.1 Å². The lowest BCUT2D eigenvalue weighted by Gasteiger charge is -2.28. The summed E-state index contributed by atoms with van der Waals surface area (Å²) in [6, 6.07) is 13.5. The largest absolute Gasteiger partial charge is 0.507 e. The number of carboxylic acid groups (broad SMARTS) is 1. The molecule has 0 aromatic heterocycles. The molecule has 3 heteroatoms. The van der Waals surface area contributed by atoms with Gasteiger partial charge < -0.3 is 10.2 Å². The van der Waals surface area contributed by atoms with Crippen molar-refractivity contribution in [2.24, 2.45) is 0 Å². The maximum atomic E-state index is 11.5. The highest BCUT2D eigenvalue weighted by atomic mass is 16.4. The number of aromatic carboxylic acids is 1. The van der Waals surface area contributed by atoms with Gasteiger partial charge in [0.1, 0.15) is 11.3 Å². The Morgan fingerprint density at radius 3 is 2.26 bits per heavy atom. The van der Waals surface area contributed by atoms with Gasteiger partial charge in [-0.15, -0.1) is 0 Å². The topological polar surface area (TPSA) is 57.5 Å². The quantitative estimate of drug-likeness (QED) is 0.823. The highest BCUT2D eigenvalue weighted by Gasteiger charge is 2.27. The van der Waals surface area contributed by atoms with Gasteiger partial charge in [0.15, 0.2) is 0 Å². The van der Waals surface area contributed by atoms with Gasteiger partial charge in [-0.25, -0.2) is 4.79 Å². The van der Waals surface area contributed by atoms with E-state index < -0.39 is 5.97 Å². The Kier molecular flexibility index (Phi) is 4.79. The average Bonchev–Trinajstić information content (AvgIpc) is 2.54. The lowest BCUT2D eigenvalue weighted by atomic mass is 9.76. The molecule has 1 atom stereocenters. The van der Waals surface area contributed by atoms with Crippen molar-refractivity contribution in [3.63, 3.8) is 0 Å². The summed E-state index contributed by atoms with van der Waals surface area (Å²) in [7, 11) is 0. The number of benzene rings is 2. The Morgan fingerprint density at radius 1 is 1.13 bits per heavy atom. The minimum absolute atomic E-state index is 0.0261. The van der Waals surface area contributed by atoms with Crippen molar-refractivity contribution in [1.82, 2.24) is 0 Å². The molecule has 0 saturated carbocycles. The van der Waals surface area contributed by atoms with E-state index in [0.29, 0.717) is 5.56 Å². The second kappa shape index (κ2) is 6.45. The van der Waals surface area contributed by atoms with Crippen LogP contribution in [0, 0.1) is 0 Å². The van der Waals surface area contributed by atoms with Gasteiger partial charge >= 0.3 is 5.97 Å². The van der Waals surface area contributed by atoms with Crippen molar-refractivity contribution in [2.75, 3.05) is 0 Å². The van der Waals surface area contributed by atoms with Crippen molar-refractivity contribution >= 4 is 5.97 Å². The first-order valence-corrected chi connectivity index (χ1v) is 7.95. The molecule has 122 valence electrons. The van der Waals surface area contributed by atoms with E-state index in [1.807, 2.05) is 50.2 Å². The molecule has 0 bridgehead atoms. The number of hydrogen-bond donors (Lipinski definition) is 2. The number of phenols is 1. The highest BCUT2D eigenvalue weighted by Crippen LogP contribution is 2.38. The summed E-state index contributed by atoms with van der Waals surface area (Å²) in [4.78, 5) is 11.5. The Balaban J connectivity index is 2.67. The molecule has 0 aliphatic carbocycles. The second-order valence-corrected chi connectivity index (χ2v) is 6.57. The minimum Gasteiger partial charge on any atom is -0.507 e. The summed E-state index contributed by atoms with van der Waals surface area (Å²) in [5, 5.41) is 19.8. The third-order valence-corrected chi connectivity index (χ3v) is 4.73. The minimum atomic E-state index is -1.10. The van der Waals surface area contributed by atoms with E-state index in [9.17, 15) is 15.0 Å². The van der Waals surface area contributed by atoms with Crippen molar-refractivity contribution < 1.29 is 15.0 Å². The lowest BCUT2D eigenvalue weighted by molar-refractivity contribution is 0.0693. The fourth-order valence-electron chi connectivity index (χ4n) is 2.80. The summed E-state index contributed by atoms with van der Waals surface area (Å²) in [6.07, 6.45) is 0.835. The number of aromatic hydroxyl groups is 1. The number of hydrogen-bond acceptors (Lipinski definition) is 2. The second-order valence-electron chi connectivity index (χ2n) is 6.57. The Labute approximate surface area is 137 Å². The molecule has 0 amide bonds. The highest BCUT2D eigenvalue weighted by molar-refractivity contribution is 5.91. The zero-order valence-electron chi connectivity index (χ0n) is 14.1. The predicted molar refractivity (Wildman–Crippen MR) is 92.3 cm³/mol. The van der Waals surface area contributed by atoms with E-state index in [2.05, 4.69) is 13.8 Å². The summed E-state index contributed by atoms with van der Waals surface area (Å²) in [5.74, 6) is -1.11. The van der Waals surface area contributed by atoms with E-state index >= 15 is 0 Å². The molecule has 23 heavy (non-hydrogen) atoms. The third kappa shape index (κ3) is 3.24. The van der Waals surface area contributed by atoms with Gasteiger partial charge in [-0.2, -0.15) is 0 Å². The van der Waals surface area contributed by atoms with Gasteiger partial charge in [-0.3, -0.25) is 0 Å². The first-order valence-electron chi connectivity index (χ1n) is 7.95. The van der Waals surface area contributed by atoms with Crippen LogP contribution in [-0.2, 0) is 5.41 Å². The molecule has 0 aliphatic heterocycles. The van der Waals surface area contributed by atoms with E-state index in [0.717, 1.165) is 17.5 Å². The van der Waals surface area contributed by atoms with Crippen LogP contribution in [0.3, 0.4) is 0 Å². The molecule has 0 heterocycles. The van der Waals surface area contributed by atoms with Gasteiger partial charge in [0.25, 0.3) is 0 Å². The summed E-state index contributed by atoms with van der Waals surface area (Å²) < 4.78 is 0. The van der Waals surface area contributed by atoms with Gasteiger partial charge in [0, 0.05) is 5.41 Å². The standard InChI is InChI=1S/C20H24O3/c1-5-13(2)16-11-15(12-17(18(16)21)19(22)23)20(3,4)14-9-7-6-8-10-14/h6-13,21H,5H2,1-4H3,(H,22,23). The molecule has 0 saturated heterocycles. The monoisotopic (exact) mass is 312 g/mol. The molecule has 0 fully saturated rings. The summed E-state index contributed by atoms with van der Waals surface area (Å²) >= 11 is 0. The van der Waals surface area contributed by atoms with Crippen molar-refractivity contribution in [2.45, 2.75) is 45.4 Å². The number of carbonyl (C=O) groups is 1. The zero-order chi connectivity index (χ0) is 17.2. The van der Waals surface area contributed by atoms with Gasteiger partial charge in [-0.05, 0) is 35.1 Å². The molecule has 2 aromatic rings. The SMILES string of the molecule is CCC(C)c1cc(C(C)(C)c2ccccc2)cc(C(=O)O)c1O. The Morgan fingerprint density at radius 2 is 1.74 bits per heavy atom. The molecule has 2 N–H and O–H groups in total. The van der Waals surface area contributed by atoms with Crippen LogP contribution in [0.4, 0.5) is 0 Å².